The highest BCUT2D eigenvalue weighted by molar-refractivity contribution is 5.96. The lowest BCUT2D eigenvalue weighted by atomic mass is 9.56. The summed E-state index contributed by atoms with van der Waals surface area (Å²) in [4.78, 5) is 41.4. The Morgan fingerprint density at radius 3 is 2.64 bits per heavy atom. The van der Waals surface area contributed by atoms with E-state index in [-0.39, 0.29) is 53.7 Å². The molecule has 2 saturated carbocycles. The highest BCUT2D eigenvalue weighted by atomic mass is 16.2. The van der Waals surface area contributed by atoms with E-state index in [1.165, 1.54) is 0 Å². The first-order chi connectivity index (χ1) is 22.8. The van der Waals surface area contributed by atoms with Crippen molar-refractivity contribution < 1.29 is 14.4 Å². The summed E-state index contributed by atoms with van der Waals surface area (Å²) < 4.78 is 0. The maximum Gasteiger partial charge on any atom is 0.251 e. The first-order valence-electron chi connectivity index (χ1n) is 17.1. The number of hydrogen-bond donors (Lipinski definition) is 4. The molecule has 4 N–H and O–H groups in total. The van der Waals surface area contributed by atoms with Gasteiger partial charge in [-0.1, -0.05) is 24.3 Å². The molecule has 0 bridgehead atoms. The Bertz CT molecular complexity index is 1660. The average molecular weight is 638 g/mol. The van der Waals surface area contributed by atoms with Crippen LogP contribution in [0.4, 0.5) is 0 Å². The SMILES string of the molecule is CCNC(=O)C1=CC2CCc3cc(C(=O)NCC)ccc3C(CC3(NCC(=O)N4C(C#N)C[C@@H]5C[C@@H]54)CCC3)(c3nnn[nH]3)C2C=C1. The number of likely N-dealkylation sites (N-methyl/N-ethyl adjacent to an activating group) is 1. The number of allylic oxidation sites excluding steroid dienone is 2. The third kappa shape index (κ3) is 5.44. The molecule has 7 rings (SSSR count). The van der Waals surface area contributed by atoms with Crippen LogP contribution in [-0.4, -0.2) is 80.5 Å². The van der Waals surface area contributed by atoms with E-state index in [2.05, 4.69) is 60.9 Å². The van der Waals surface area contributed by atoms with Gasteiger partial charge in [0.15, 0.2) is 5.82 Å². The summed E-state index contributed by atoms with van der Waals surface area (Å²) in [7, 11) is 0. The number of aromatic nitrogens is 4. The lowest BCUT2D eigenvalue weighted by molar-refractivity contribution is -0.132. The molecule has 3 amide bonds. The zero-order valence-electron chi connectivity index (χ0n) is 27.1. The number of nitriles is 1. The fraction of sp³-hybridized carbons (Fsp3) is 0.571. The molecule has 12 heteroatoms. The van der Waals surface area contributed by atoms with Crippen LogP contribution in [0.1, 0.15) is 86.1 Å². The van der Waals surface area contributed by atoms with Gasteiger partial charge in [-0.2, -0.15) is 5.26 Å². The molecule has 5 aliphatic rings. The third-order valence-corrected chi connectivity index (χ3v) is 11.3. The van der Waals surface area contributed by atoms with Gasteiger partial charge in [-0.05, 0) is 111 Å². The Kier molecular flexibility index (Phi) is 8.20. The number of amides is 3. The lowest BCUT2D eigenvalue weighted by Gasteiger charge is -2.52. The van der Waals surface area contributed by atoms with Gasteiger partial charge in [0.2, 0.25) is 5.91 Å². The van der Waals surface area contributed by atoms with Crippen molar-refractivity contribution in [3.63, 3.8) is 0 Å². The standard InChI is InChI=1S/C35H43N9O3/c1-3-37-31(46)23-8-10-27-21(14-23)6-7-22-15-24(32(47)38-4-2)9-11-28(22)35(27,33-40-42-43-41-33)20-34(12-5-13-34)39-19-30(45)44-26(18-36)16-25-17-29(25)44/h8-11,14-15,21,25-27,29,39H,3-7,12-13,16-17,19-20H2,1-2H3,(H,37,46)(H,38,47)(H,40,41,42,43)/t21?,25-,26?,27?,29+,35?/m1/s1. The van der Waals surface area contributed by atoms with Crippen LogP contribution in [0.2, 0.25) is 0 Å². The first kappa shape index (κ1) is 31.2. The van der Waals surface area contributed by atoms with Crippen LogP contribution in [-0.2, 0) is 21.4 Å². The van der Waals surface area contributed by atoms with Gasteiger partial charge in [0.05, 0.1) is 18.0 Å². The summed E-state index contributed by atoms with van der Waals surface area (Å²) in [6.07, 6.45) is 12.8. The molecule has 1 aliphatic heterocycles. The molecule has 4 aliphatic carbocycles. The maximum atomic E-state index is 13.6. The van der Waals surface area contributed by atoms with Crippen molar-refractivity contribution in [2.75, 3.05) is 19.6 Å². The Hall–Kier alpha value is -4.37. The van der Waals surface area contributed by atoms with E-state index in [0.29, 0.717) is 48.8 Å². The molecule has 1 saturated heterocycles. The van der Waals surface area contributed by atoms with Gasteiger partial charge in [-0.15, -0.1) is 5.10 Å². The van der Waals surface area contributed by atoms with E-state index in [4.69, 9.17) is 0 Å². The number of hydrogen-bond acceptors (Lipinski definition) is 8. The minimum absolute atomic E-state index is 0.00503. The molecular formula is C35H43N9O3. The van der Waals surface area contributed by atoms with Gasteiger partial charge in [-0.3, -0.25) is 14.4 Å². The molecule has 0 radical (unpaired) electrons. The van der Waals surface area contributed by atoms with Crippen molar-refractivity contribution >= 4 is 17.7 Å². The number of carbonyl (C=O) groups is 3. The number of aromatic amines is 1. The number of rotatable bonds is 10. The topological polar surface area (TPSA) is 169 Å². The second kappa shape index (κ2) is 12.3. The molecule has 47 heavy (non-hydrogen) atoms. The Morgan fingerprint density at radius 1 is 1.13 bits per heavy atom. The lowest BCUT2D eigenvalue weighted by Crippen LogP contribution is -2.59. The van der Waals surface area contributed by atoms with Crippen molar-refractivity contribution in [1.82, 2.24) is 41.5 Å². The number of piperidine rings is 1. The molecule has 3 fully saturated rings. The predicted molar refractivity (Wildman–Crippen MR) is 173 cm³/mol. The number of nitrogens with zero attached hydrogens (tertiary/aromatic N) is 5. The Labute approximate surface area is 274 Å². The third-order valence-electron chi connectivity index (χ3n) is 11.3. The molecular weight excluding hydrogens is 594 g/mol. The van der Waals surface area contributed by atoms with Crippen molar-refractivity contribution in [2.24, 2.45) is 17.8 Å². The van der Waals surface area contributed by atoms with Gasteiger partial charge in [0.1, 0.15) is 6.04 Å². The minimum atomic E-state index is -0.750. The maximum absolute atomic E-state index is 13.6. The molecule has 0 spiro atoms. The Morgan fingerprint density at radius 2 is 1.94 bits per heavy atom. The van der Waals surface area contributed by atoms with Crippen LogP contribution in [0.5, 0.6) is 0 Å². The van der Waals surface area contributed by atoms with E-state index in [0.717, 1.165) is 49.7 Å². The molecule has 246 valence electrons. The number of H-pyrrole nitrogens is 1. The normalized spacial score (nSPS) is 29.6. The number of tetrazole rings is 1. The van der Waals surface area contributed by atoms with E-state index in [1.54, 1.807) is 0 Å². The van der Waals surface area contributed by atoms with Crippen LogP contribution in [0.3, 0.4) is 0 Å². The molecule has 2 heterocycles. The van der Waals surface area contributed by atoms with Gasteiger partial charge in [-0.25, -0.2) is 5.10 Å². The molecule has 1 aromatic carbocycles. The predicted octanol–water partition coefficient (Wildman–Crippen LogP) is 2.46. The number of fused-ring (bicyclic) bond motifs is 3. The van der Waals surface area contributed by atoms with Gasteiger partial charge >= 0.3 is 0 Å². The minimum Gasteiger partial charge on any atom is -0.352 e. The molecule has 1 aromatic heterocycles. The summed E-state index contributed by atoms with van der Waals surface area (Å²) in [6, 6.07) is 8.15. The molecule has 4 unspecified atom stereocenters. The fourth-order valence-electron chi connectivity index (χ4n) is 8.86. The van der Waals surface area contributed by atoms with Crippen LogP contribution < -0.4 is 16.0 Å². The van der Waals surface area contributed by atoms with E-state index in [1.807, 2.05) is 37.0 Å². The second-order valence-corrected chi connectivity index (χ2v) is 13.9. The summed E-state index contributed by atoms with van der Waals surface area (Å²) in [5, 5.41) is 35.1. The number of carbonyl (C=O) groups excluding carboxylic acids is 3. The number of likely N-dealkylation sites (tertiary alicyclic amines) is 1. The molecule has 2 aromatic rings. The van der Waals surface area contributed by atoms with Crippen LogP contribution >= 0.6 is 0 Å². The summed E-state index contributed by atoms with van der Waals surface area (Å²) >= 11 is 0. The molecule has 12 nitrogen and oxygen atoms in total. The average Bonchev–Trinajstić information content (AvgIpc) is 3.44. The summed E-state index contributed by atoms with van der Waals surface area (Å²) in [6.45, 7) is 5.06. The number of aryl methyl sites for hydroxylation is 1. The van der Waals surface area contributed by atoms with E-state index < -0.39 is 5.41 Å². The van der Waals surface area contributed by atoms with Crippen molar-refractivity contribution in [2.45, 2.75) is 88.3 Å². The first-order valence-corrected chi connectivity index (χ1v) is 17.1. The van der Waals surface area contributed by atoms with Gasteiger partial charge in [0.25, 0.3) is 11.8 Å². The highest BCUT2D eigenvalue weighted by Crippen LogP contribution is 2.55. The zero-order valence-corrected chi connectivity index (χ0v) is 27.1. The monoisotopic (exact) mass is 637 g/mol. The van der Waals surface area contributed by atoms with Crippen LogP contribution in [0, 0.1) is 29.1 Å². The number of nitrogens with one attached hydrogen (secondary N) is 4. The summed E-state index contributed by atoms with van der Waals surface area (Å²) in [5.74, 6) is 0.757. The van der Waals surface area contributed by atoms with Crippen molar-refractivity contribution in [3.05, 3.63) is 64.5 Å². The van der Waals surface area contributed by atoms with Crippen molar-refractivity contribution in [3.8, 4) is 6.07 Å². The van der Waals surface area contributed by atoms with Crippen LogP contribution in [0.25, 0.3) is 0 Å². The van der Waals surface area contributed by atoms with Gasteiger partial charge < -0.3 is 20.9 Å². The van der Waals surface area contributed by atoms with E-state index in [9.17, 15) is 19.6 Å². The fourth-order valence-corrected chi connectivity index (χ4v) is 8.86. The smallest absolute Gasteiger partial charge is 0.251 e. The summed E-state index contributed by atoms with van der Waals surface area (Å²) in [5.41, 5.74) is 2.23. The zero-order chi connectivity index (χ0) is 32.8. The van der Waals surface area contributed by atoms with E-state index >= 15 is 0 Å². The molecule has 6 atom stereocenters. The highest BCUT2D eigenvalue weighted by Gasteiger charge is 2.57. The second-order valence-electron chi connectivity index (χ2n) is 13.9. The van der Waals surface area contributed by atoms with Crippen molar-refractivity contribution in [1.29, 1.82) is 5.26 Å². The Balaban J connectivity index is 1.29. The van der Waals surface area contributed by atoms with Gasteiger partial charge in [0, 0.05) is 41.7 Å². The van der Waals surface area contributed by atoms with Crippen LogP contribution in [0.15, 0.2) is 42.0 Å². The largest absolute Gasteiger partial charge is 0.352 e. The number of benzene rings is 1. The quantitative estimate of drug-likeness (QED) is 0.308.